The van der Waals surface area contributed by atoms with Gasteiger partial charge in [0, 0.05) is 12.4 Å². The highest BCUT2D eigenvalue weighted by Crippen LogP contribution is 2.16. The molecule has 0 amide bonds. The summed E-state index contributed by atoms with van der Waals surface area (Å²) in [5.41, 5.74) is 2.45. The lowest BCUT2D eigenvalue weighted by molar-refractivity contribution is 0.832. The Labute approximate surface area is 92.6 Å². The van der Waals surface area contributed by atoms with Gasteiger partial charge >= 0.3 is 0 Å². The number of pyridine rings is 1. The van der Waals surface area contributed by atoms with Gasteiger partial charge in [0.05, 0.1) is 0 Å². The summed E-state index contributed by atoms with van der Waals surface area (Å²) in [5, 5.41) is 0. The van der Waals surface area contributed by atoms with Crippen molar-refractivity contribution in [2.45, 2.75) is 27.2 Å². The van der Waals surface area contributed by atoms with Crippen molar-refractivity contribution >= 4 is 5.57 Å². The van der Waals surface area contributed by atoms with Gasteiger partial charge in [-0.25, -0.2) is 0 Å². The Kier molecular flexibility index (Phi) is 4.82. The molecule has 0 spiro atoms. The van der Waals surface area contributed by atoms with Gasteiger partial charge in [0.25, 0.3) is 0 Å². The lowest BCUT2D eigenvalue weighted by Gasteiger charge is -2.02. The van der Waals surface area contributed by atoms with Crippen molar-refractivity contribution in [3.8, 4) is 0 Å². The summed E-state index contributed by atoms with van der Waals surface area (Å²) in [6, 6.07) is 4.07. The Morgan fingerprint density at radius 1 is 1.47 bits per heavy atom. The first-order chi connectivity index (χ1) is 7.24. The van der Waals surface area contributed by atoms with Crippen molar-refractivity contribution < 1.29 is 0 Å². The fourth-order valence-corrected chi connectivity index (χ4v) is 1.33. The molecule has 0 unspecified atom stereocenters. The van der Waals surface area contributed by atoms with Crippen molar-refractivity contribution in [1.29, 1.82) is 0 Å². The molecule has 1 rings (SSSR count). The first-order valence-corrected chi connectivity index (χ1v) is 5.52. The molecule has 15 heavy (non-hydrogen) atoms. The van der Waals surface area contributed by atoms with E-state index in [9.17, 15) is 0 Å². The summed E-state index contributed by atoms with van der Waals surface area (Å²) >= 11 is 0. The van der Waals surface area contributed by atoms with Crippen LogP contribution in [0.15, 0.2) is 42.8 Å². The van der Waals surface area contributed by atoms with Crippen LogP contribution in [-0.2, 0) is 0 Å². The summed E-state index contributed by atoms with van der Waals surface area (Å²) in [6.07, 6.45) is 11.4. The maximum absolute atomic E-state index is 4.14. The van der Waals surface area contributed by atoms with Crippen LogP contribution in [0.2, 0.25) is 0 Å². The van der Waals surface area contributed by atoms with E-state index in [1.807, 2.05) is 12.3 Å². The monoisotopic (exact) mass is 201 g/mol. The summed E-state index contributed by atoms with van der Waals surface area (Å²) in [4.78, 5) is 4.14. The third kappa shape index (κ3) is 4.11. The molecule has 0 saturated heterocycles. The molecule has 1 nitrogen and oxygen atoms in total. The van der Waals surface area contributed by atoms with Crippen molar-refractivity contribution in [3.05, 3.63) is 48.3 Å². The number of hydrogen-bond acceptors (Lipinski definition) is 1. The van der Waals surface area contributed by atoms with Crippen LogP contribution in [0.4, 0.5) is 0 Å². The van der Waals surface area contributed by atoms with E-state index in [1.54, 1.807) is 6.20 Å². The summed E-state index contributed by atoms with van der Waals surface area (Å²) < 4.78 is 0. The second-order valence-corrected chi connectivity index (χ2v) is 3.91. The molecule has 0 aliphatic rings. The molecule has 0 aliphatic carbocycles. The maximum atomic E-state index is 4.14. The van der Waals surface area contributed by atoms with E-state index in [2.05, 4.69) is 50.0 Å². The Bertz CT molecular complexity index is 334. The molecule has 0 saturated carbocycles. The Hall–Kier alpha value is -1.37. The number of hydrogen-bond donors (Lipinski definition) is 0. The quantitative estimate of drug-likeness (QED) is 0.669. The SMILES string of the molecule is CC/C=C(\C=C/C(C)C)c1cccnc1. The van der Waals surface area contributed by atoms with Crippen molar-refractivity contribution in [2.75, 3.05) is 0 Å². The van der Waals surface area contributed by atoms with Gasteiger partial charge in [-0.2, -0.15) is 0 Å². The number of allylic oxidation sites excluding steroid dienone is 4. The highest BCUT2D eigenvalue weighted by molar-refractivity contribution is 5.73. The highest BCUT2D eigenvalue weighted by Gasteiger charge is 1.96. The largest absolute Gasteiger partial charge is 0.264 e. The van der Waals surface area contributed by atoms with Crippen molar-refractivity contribution in [3.63, 3.8) is 0 Å². The van der Waals surface area contributed by atoms with E-state index < -0.39 is 0 Å². The zero-order chi connectivity index (χ0) is 11.1. The van der Waals surface area contributed by atoms with Crippen LogP contribution in [0.1, 0.15) is 32.8 Å². The van der Waals surface area contributed by atoms with E-state index in [-0.39, 0.29) is 0 Å². The molecule has 1 aromatic rings. The van der Waals surface area contributed by atoms with Crippen LogP contribution >= 0.6 is 0 Å². The summed E-state index contributed by atoms with van der Waals surface area (Å²) in [7, 11) is 0. The van der Waals surface area contributed by atoms with Crippen LogP contribution in [0, 0.1) is 5.92 Å². The highest BCUT2D eigenvalue weighted by atomic mass is 14.6. The Balaban J connectivity index is 2.90. The summed E-state index contributed by atoms with van der Waals surface area (Å²) in [5.74, 6) is 0.585. The standard InChI is InChI=1S/C14H19N/c1-4-6-13(9-8-12(2)3)14-7-5-10-15-11-14/h5-12H,4H2,1-3H3/b9-8-,13-6+. The van der Waals surface area contributed by atoms with Crippen molar-refractivity contribution in [2.24, 2.45) is 5.92 Å². The first kappa shape index (κ1) is 11.7. The Morgan fingerprint density at radius 3 is 2.80 bits per heavy atom. The molecule has 0 aliphatic heterocycles. The molecule has 80 valence electrons. The molecule has 0 bridgehead atoms. The second-order valence-electron chi connectivity index (χ2n) is 3.91. The molecule has 0 radical (unpaired) electrons. The lowest BCUT2D eigenvalue weighted by Crippen LogP contribution is -1.84. The third-order valence-electron chi connectivity index (χ3n) is 2.08. The van der Waals surface area contributed by atoms with Gasteiger partial charge < -0.3 is 0 Å². The molecular formula is C14H19N. The zero-order valence-corrected chi connectivity index (χ0v) is 9.77. The molecule has 1 heteroatoms. The van der Waals surface area contributed by atoms with Crippen LogP contribution in [0.3, 0.4) is 0 Å². The fraction of sp³-hybridized carbons (Fsp3) is 0.357. The maximum Gasteiger partial charge on any atom is 0.0346 e. The van der Waals surface area contributed by atoms with Gasteiger partial charge in [-0.05, 0) is 29.5 Å². The number of rotatable bonds is 4. The molecule has 0 atom stereocenters. The predicted molar refractivity (Wildman–Crippen MR) is 66.5 cm³/mol. The molecule has 0 N–H and O–H groups in total. The average Bonchev–Trinajstić information content (AvgIpc) is 2.25. The normalized spacial score (nSPS) is 12.7. The molecule has 1 heterocycles. The average molecular weight is 201 g/mol. The molecule has 0 aromatic carbocycles. The molecule has 0 fully saturated rings. The summed E-state index contributed by atoms with van der Waals surface area (Å²) in [6.45, 7) is 6.52. The first-order valence-electron chi connectivity index (χ1n) is 5.52. The fourth-order valence-electron chi connectivity index (χ4n) is 1.33. The van der Waals surface area contributed by atoms with Gasteiger partial charge in [-0.3, -0.25) is 4.98 Å². The van der Waals surface area contributed by atoms with E-state index in [4.69, 9.17) is 0 Å². The van der Waals surface area contributed by atoms with Crippen molar-refractivity contribution in [1.82, 2.24) is 4.98 Å². The molecular weight excluding hydrogens is 182 g/mol. The third-order valence-corrected chi connectivity index (χ3v) is 2.08. The van der Waals surface area contributed by atoms with Gasteiger partial charge in [-0.1, -0.05) is 45.1 Å². The second kappa shape index (κ2) is 6.18. The lowest BCUT2D eigenvalue weighted by atomic mass is 10.0. The number of aromatic nitrogens is 1. The van der Waals surface area contributed by atoms with Gasteiger partial charge in [0.15, 0.2) is 0 Å². The van der Waals surface area contributed by atoms with Crippen LogP contribution in [0.25, 0.3) is 5.57 Å². The van der Waals surface area contributed by atoms with Gasteiger partial charge in [-0.15, -0.1) is 0 Å². The Morgan fingerprint density at radius 2 is 2.27 bits per heavy atom. The predicted octanol–water partition coefficient (Wildman–Crippen LogP) is 4.09. The zero-order valence-electron chi connectivity index (χ0n) is 9.77. The van der Waals surface area contributed by atoms with E-state index in [0.717, 1.165) is 6.42 Å². The molecule has 1 aromatic heterocycles. The van der Waals surface area contributed by atoms with Gasteiger partial charge in [0.2, 0.25) is 0 Å². The smallest absolute Gasteiger partial charge is 0.0346 e. The van der Waals surface area contributed by atoms with Crippen LogP contribution in [-0.4, -0.2) is 4.98 Å². The number of nitrogens with zero attached hydrogens (tertiary/aromatic N) is 1. The topological polar surface area (TPSA) is 12.9 Å². The minimum Gasteiger partial charge on any atom is -0.264 e. The minimum atomic E-state index is 0.585. The van der Waals surface area contributed by atoms with E-state index >= 15 is 0 Å². The van der Waals surface area contributed by atoms with E-state index in [1.165, 1.54) is 11.1 Å². The van der Waals surface area contributed by atoms with Crippen LogP contribution in [0.5, 0.6) is 0 Å². The van der Waals surface area contributed by atoms with Crippen LogP contribution < -0.4 is 0 Å². The minimum absolute atomic E-state index is 0.585. The van der Waals surface area contributed by atoms with E-state index in [0.29, 0.717) is 5.92 Å². The van der Waals surface area contributed by atoms with Gasteiger partial charge in [0.1, 0.15) is 0 Å².